The molecule has 1 atom stereocenters. The Bertz CT molecular complexity index is 8510. The molecule has 0 fully saturated rings. The molecule has 0 amide bonds. The van der Waals surface area contributed by atoms with Crippen LogP contribution in [0.5, 0.6) is 0 Å². The van der Waals surface area contributed by atoms with Gasteiger partial charge in [0.25, 0.3) is 0 Å². The summed E-state index contributed by atoms with van der Waals surface area (Å²) in [4.78, 5) is 2.30. The van der Waals surface area contributed by atoms with Crippen LogP contribution in [0.15, 0.2) is 449 Å². The molecule has 0 bridgehead atoms. The minimum absolute atomic E-state index is 0.0391. The van der Waals surface area contributed by atoms with Crippen molar-refractivity contribution in [3.8, 4) is 112 Å². The lowest BCUT2D eigenvalue weighted by Crippen LogP contribution is -2.10. The van der Waals surface area contributed by atoms with Gasteiger partial charge in [-0.25, -0.2) is 8.78 Å². The largest absolute Gasteiger partial charge is 0.309 e. The lowest BCUT2D eigenvalue weighted by Gasteiger charge is -2.26. The molecule has 20 aromatic carbocycles. The summed E-state index contributed by atoms with van der Waals surface area (Å²) in [6.45, 7) is 0. The van der Waals surface area contributed by atoms with Crippen molar-refractivity contribution in [1.82, 2.24) is 27.0 Å². The molecule has 1 aliphatic carbocycles. The first-order chi connectivity index (χ1) is 64.7. The number of benzene rings is 20. The monoisotopic (exact) mass is 1700 g/mol. The summed E-state index contributed by atoms with van der Waals surface area (Å²) < 4.78 is 48.7. The van der Waals surface area contributed by atoms with E-state index in [0.29, 0.717) is 0 Å². The number of hydrogen-bond donors (Lipinski definition) is 0. The molecule has 10 heteroatoms. The van der Waals surface area contributed by atoms with Crippen molar-refractivity contribution >= 4 is 127 Å². The molecule has 0 saturated carbocycles. The Labute approximate surface area is 757 Å². The van der Waals surface area contributed by atoms with Gasteiger partial charge in [0, 0.05) is 88.7 Å². The predicted octanol–water partition coefficient (Wildman–Crippen LogP) is 32.7. The van der Waals surface area contributed by atoms with E-state index in [1.54, 1.807) is 12.1 Å². The molecule has 614 valence electrons. The van der Waals surface area contributed by atoms with Crippen LogP contribution in [0.25, 0.3) is 210 Å². The molecule has 7 nitrogen and oxygen atoms in total. The molecule has 131 heavy (non-hydrogen) atoms. The standard InChI is InChI=1S/C121H75F2N7S/c122-89-49-33-84(34-50-89)119-106-19-2-1-13-98(106)99-65-45-85(73-109(99)119)81-39-53-91(54-40-81)126(92-55-41-82(42-56-92)88-46-66-105-104-18-7-12-24-114(104)130(118(105)74-88)96-63-51-90(123)52-64-96)117-70-67-97(120-121(117)125-131-124-120)83-43-61-95(62-44-83)129-115-68-47-86(79-29-25-75(26-30-79)77-35-57-93(58-36-77)127-110-20-8-3-14-100(110)101-15-4-9-21-111(101)127)71-107(115)108-72-87(48-69-116(108)129)80-31-27-76(28-32-80)78-37-59-94(60-38-78)128-112-22-10-5-16-102(112)103-17-6-11-23-113(103)128/h1-74,119H. The number of hydrogen-bond acceptors (Lipinski definition) is 4. The van der Waals surface area contributed by atoms with Crippen molar-refractivity contribution in [2.45, 2.75) is 5.92 Å². The van der Waals surface area contributed by atoms with Crippen LogP contribution in [0.1, 0.15) is 22.6 Å². The molecule has 1 aliphatic rings. The number of para-hydroxylation sites is 5. The normalized spacial score (nSPS) is 12.6. The summed E-state index contributed by atoms with van der Waals surface area (Å²) in [6, 6.07) is 160. The first-order valence-corrected chi connectivity index (χ1v) is 45.1. The fourth-order valence-electron chi connectivity index (χ4n) is 20.9. The minimum Gasteiger partial charge on any atom is -0.309 e. The van der Waals surface area contributed by atoms with Gasteiger partial charge in [0.05, 0.1) is 61.5 Å². The molecular weight excluding hydrogens is 1620 g/mol. The molecule has 5 heterocycles. The summed E-state index contributed by atoms with van der Waals surface area (Å²) in [5, 5.41) is 9.56. The van der Waals surface area contributed by atoms with Crippen molar-refractivity contribution in [2.75, 3.05) is 4.90 Å². The van der Waals surface area contributed by atoms with Crippen LogP contribution < -0.4 is 4.90 Å². The summed E-state index contributed by atoms with van der Waals surface area (Å²) >= 11 is 1.22. The van der Waals surface area contributed by atoms with Gasteiger partial charge in [-0.15, -0.1) is 0 Å². The van der Waals surface area contributed by atoms with Gasteiger partial charge in [0.2, 0.25) is 0 Å². The second kappa shape index (κ2) is 30.4. The van der Waals surface area contributed by atoms with Crippen molar-refractivity contribution < 1.29 is 8.78 Å². The van der Waals surface area contributed by atoms with Crippen LogP contribution in [0.2, 0.25) is 0 Å². The number of anilines is 3. The van der Waals surface area contributed by atoms with Gasteiger partial charge in [0.15, 0.2) is 0 Å². The zero-order valence-corrected chi connectivity index (χ0v) is 71.4. The van der Waals surface area contributed by atoms with Crippen molar-refractivity contribution in [2.24, 2.45) is 0 Å². The smallest absolute Gasteiger partial charge is 0.129 e. The van der Waals surface area contributed by atoms with Crippen LogP contribution in [0.3, 0.4) is 0 Å². The van der Waals surface area contributed by atoms with Crippen LogP contribution in [-0.2, 0) is 0 Å². The Morgan fingerprint density at radius 2 is 0.519 bits per heavy atom. The summed E-state index contributed by atoms with van der Waals surface area (Å²) in [5.74, 6) is -0.563. The summed E-state index contributed by atoms with van der Waals surface area (Å²) in [5.41, 5.74) is 38.9. The SMILES string of the molecule is Fc1ccc(C2c3ccccc3-c3ccc(-c4ccc(N(c5ccc(-c6ccc7c8ccccc8n(-c8ccc(F)cc8)c7c6)cc5)c5ccc(-c6ccc(-n7c8ccc(-c9ccc(-c%10ccc(-n%11c%12ccccc%12c%12ccccc%12%11)cc%10)cc9)cc8c8cc(-c9ccc(-c%10ccc(-n%11c%12ccccc%12c%12ccccc%12%11)cc%10)cc9)ccc87)cc6)c6nsnc56)cc4)cc32)cc1. The van der Waals surface area contributed by atoms with Gasteiger partial charge in [-0.1, -0.05) is 273 Å². The molecule has 0 radical (unpaired) electrons. The summed E-state index contributed by atoms with van der Waals surface area (Å²) in [7, 11) is 0. The van der Waals surface area contributed by atoms with E-state index in [4.69, 9.17) is 8.75 Å². The van der Waals surface area contributed by atoms with Crippen LogP contribution in [0.4, 0.5) is 25.8 Å². The van der Waals surface area contributed by atoms with Crippen LogP contribution in [-0.4, -0.2) is 27.0 Å². The van der Waals surface area contributed by atoms with E-state index in [9.17, 15) is 8.78 Å². The topological polar surface area (TPSA) is 48.7 Å². The maximum Gasteiger partial charge on any atom is 0.129 e. The molecule has 1 unspecified atom stereocenters. The second-order valence-corrected chi connectivity index (χ2v) is 34.8. The number of fused-ring (bicyclic) bond motifs is 16. The first kappa shape index (κ1) is 75.4. The van der Waals surface area contributed by atoms with Crippen molar-refractivity contribution in [1.29, 1.82) is 0 Å². The third kappa shape index (κ3) is 12.5. The van der Waals surface area contributed by atoms with E-state index >= 15 is 0 Å². The number of aromatic nitrogens is 6. The molecule has 0 aliphatic heterocycles. The van der Waals surface area contributed by atoms with E-state index in [2.05, 4.69) is 424 Å². The predicted molar refractivity (Wildman–Crippen MR) is 540 cm³/mol. The van der Waals surface area contributed by atoms with Crippen molar-refractivity contribution in [3.63, 3.8) is 0 Å². The average Bonchev–Trinajstić information content (AvgIpc) is 1.62. The zero-order valence-electron chi connectivity index (χ0n) is 70.6. The quantitative estimate of drug-likeness (QED) is 0.103. The highest BCUT2D eigenvalue weighted by atomic mass is 32.1. The van der Waals surface area contributed by atoms with Gasteiger partial charge in [-0.3, -0.25) is 0 Å². The Morgan fingerprint density at radius 3 is 0.977 bits per heavy atom. The lowest BCUT2D eigenvalue weighted by atomic mass is 9.88. The van der Waals surface area contributed by atoms with Crippen molar-refractivity contribution in [3.05, 3.63) is 477 Å². The Morgan fingerprint density at radius 1 is 0.214 bits per heavy atom. The molecule has 26 rings (SSSR count). The fraction of sp³-hybridized carbons (Fsp3) is 0.00826. The average molecular weight is 1700 g/mol. The molecule has 0 N–H and O–H groups in total. The molecular formula is C121H75F2N7S. The van der Waals surface area contributed by atoms with E-state index in [1.165, 1.54) is 89.7 Å². The van der Waals surface area contributed by atoms with Gasteiger partial charge in [0.1, 0.15) is 22.7 Å². The van der Waals surface area contributed by atoms with Crippen LogP contribution in [0, 0.1) is 11.6 Å². The molecule has 25 aromatic rings. The highest BCUT2D eigenvalue weighted by Crippen LogP contribution is 2.51. The van der Waals surface area contributed by atoms with E-state index < -0.39 is 0 Å². The van der Waals surface area contributed by atoms with E-state index in [1.807, 2.05) is 24.3 Å². The maximum atomic E-state index is 14.5. The fourth-order valence-corrected chi connectivity index (χ4v) is 21.5. The minimum atomic E-state index is -0.275. The number of halogens is 2. The second-order valence-electron chi connectivity index (χ2n) is 34.3. The maximum absolute atomic E-state index is 14.5. The van der Waals surface area contributed by atoms with Crippen LogP contribution >= 0.6 is 11.7 Å². The Balaban J connectivity index is 0.551. The van der Waals surface area contributed by atoms with Gasteiger partial charge >= 0.3 is 0 Å². The number of rotatable bonds is 15. The van der Waals surface area contributed by atoms with E-state index in [0.717, 1.165) is 178 Å². The molecule has 5 aromatic heterocycles. The Hall–Kier alpha value is -16.9. The van der Waals surface area contributed by atoms with E-state index in [-0.39, 0.29) is 17.6 Å². The third-order valence-electron chi connectivity index (χ3n) is 27.2. The van der Waals surface area contributed by atoms with Gasteiger partial charge in [-0.05, 0) is 276 Å². The lowest BCUT2D eigenvalue weighted by molar-refractivity contribution is 0.626. The molecule has 0 spiro atoms. The number of nitrogens with zero attached hydrogens (tertiary/aromatic N) is 7. The van der Waals surface area contributed by atoms with Gasteiger partial charge < -0.3 is 23.2 Å². The highest BCUT2D eigenvalue weighted by molar-refractivity contribution is 7.00. The molecule has 0 saturated heterocycles. The Kier molecular flexibility index (Phi) is 17.5. The van der Waals surface area contributed by atoms with Gasteiger partial charge in [-0.2, -0.15) is 8.75 Å². The highest BCUT2D eigenvalue weighted by Gasteiger charge is 2.31. The first-order valence-electron chi connectivity index (χ1n) is 44.4. The summed E-state index contributed by atoms with van der Waals surface area (Å²) in [6.07, 6.45) is 0. The third-order valence-corrected chi connectivity index (χ3v) is 27.7. The zero-order chi connectivity index (χ0) is 86.5.